The number of nitro groups is 1. The van der Waals surface area contributed by atoms with Crippen LogP contribution in [0.5, 0.6) is 0 Å². The van der Waals surface area contributed by atoms with E-state index in [0.717, 1.165) is 46.9 Å². The fourth-order valence-electron chi connectivity index (χ4n) is 8.41. The summed E-state index contributed by atoms with van der Waals surface area (Å²) in [5.74, 6) is -2.28. The van der Waals surface area contributed by atoms with E-state index in [-0.39, 0.29) is 147 Å². The van der Waals surface area contributed by atoms with Crippen molar-refractivity contribution < 1.29 is 155 Å². The molecule has 5 fully saturated rings. The van der Waals surface area contributed by atoms with Gasteiger partial charge in [-0.1, -0.05) is 79.2 Å². The van der Waals surface area contributed by atoms with Gasteiger partial charge in [0.15, 0.2) is 6.04 Å². The minimum Gasteiger partial charge on any atom is -0.481 e. The number of hydrogen-bond donors (Lipinski definition) is 8. The molecule has 0 saturated carbocycles. The summed E-state index contributed by atoms with van der Waals surface area (Å²) in [6, 6.07) is 10.3. The number of halogens is 8. The van der Waals surface area contributed by atoms with Gasteiger partial charge in [0, 0.05) is 107 Å². The number of alkyl halides is 4. The van der Waals surface area contributed by atoms with E-state index >= 15 is 0 Å². The number of rotatable bonds is 24. The van der Waals surface area contributed by atoms with Crippen LogP contribution >= 0.6 is 58.8 Å². The zero-order chi connectivity index (χ0) is 93.9. The molecule has 0 bridgehead atoms. The van der Waals surface area contributed by atoms with Crippen LogP contribution in [0.2, 0.25) is 0 Å². The van der Waals surface area contributed by atoms with Gasteiger partial charge in [-0.25, -0.2) is 4.79 Å². The first-order valence-corrected chi connectivity index (χ1v) is 40.4. The number of aliphatic hydroxyl groups is 2. The van der Waals surface area contributed by atoms with Gasteiger partial charge in [0.25, 0.3) is 23.5 Å². The molecular formula is C75H137BCl5F3FeN10O27. The Kier molecular flexibility index (Phi) is 107. The fourth-order valence-corrected chi connectivity index (χ4v) is 8.63. The van der Waals surface area contributed by atoms with Crippen molar-refractivity contribution in [1.82, 2.24) is 40.9 Å². The average molecular weight is 1910 g/mol. The SMILES string of the molecule is CC.CC(=O)O.CCC.CCN(CC)CC.CCOCC.CCl.CNC(COCCCl)C(=O)OC.CNC(COCCCl)C(=O)OC.CO.COC(=O)C1CN1.COC(=O)C1CN1C.COC(=O)C1COCCN1.COC(=O)C1COCCN1C(=O)c1ccccc1[N+](=O)[O-].Cl.FB(F)F.O=C1Nc2ccccc2C(=O)N2CCOCC12.OCCCl.[Fe]. The van der Waals surface area contributed by atoms with Gasteiger partial charge in [-0.2, -0.15) is 0 Å². The molecule has 47 heteroatoms. The van der Waals surface area contributed by atoms with Gasteiger partial charge in [-0.3, -0.25) is 71.1 Å². The molecule has 122 heavy (non-hydrogen) atoms. The number of methoxy groups -OCH3 is 6. The van der Waals surface area contributed by atoms with Crippen molar-refractivity contribution in [3.05, 3.63) is 69.8 Å². The number of carbonyl (C=O) groups is 10. The van der Waals surface area contributed by atoms with Gasteiger partial charge in [0.05, 0.1) is 132 Å². The smallest absolute Gasteiger partial charge is 0.481 e. The Morgan fingerprint density at radius 1 is 0.656 bits per heavy atom. The van der Waals surface area contributed by atoms with Crippen LogP contribution < -0.4 is 26.6 Å². The van der Waals surface area contributed by atoms with Crippen LogP contribution in [0.3, 0.4) is 0 Å². The molecule has 0 spiro atoms. The molecule has 6 aliphatic heterocycles. The Morgan fingerprint density at radius 3 is 1.39 bits per heavy atom. The number of nitrogens with one attached hydrogen (secondary N) is 5. The number of nitro benzene ring substituents is 1. The second-order valence-electron chi connectivity index (χ2n) is 22.6. The summed E-state index contributed by atoms with van der Waals surface area (Å²) in [6.45, 7) is 31.8. The topological polar surface area (TPSA) is 468 Å². The van der Waals surface area contributed by atoms with E-state index in [1.54, 1.807) is 43.3 Å². The van der Waals surface area contributed by atoms with Gasteiger partial charge >= 0.3 is 43.4 Å². The number of anilines is 1. The van der Waals surface area contributed by atoms with E-state index in [4.69, 9.17) is 83.3 Å². The number of carboxylic acids is 1. The average Bonchev–Trinajstić information content (AvgIpc) is 1.48. The summed E-state index contributed by atoms with van der Waals surface area (Å²) in [5.41, 5.74) is 0.776. The minimum absolute atomic E-state index is 0. The maximum absolute atomic E-state index is 12.5. The van der Waals surface area contributed by atoms with E-state index in [9.17, 15) is 66.2 Å². The Balaban J connectivity index is -0.000000143. The van der Waals surface area contributed by atoms with E-state index in [2.05, 4.69) is 106 Å². The first-order valence-electron chi connectivity index (χ1n) is 38.0. The summed E-state index contributed by atoms with van der Waals surface area (Å²) in [6.07, 6.45) is 2.72. The van der Waals surface area contributed by atoms with Crippen molar-refractivity contribution in [2.45, 2.75) is 118 Å². The van der Waals surface area contributed by atoms with E-state index in [1.165, 1.54) is 104 Å². The summed E-state index contributed by atoms with van der Waals surface area (Å²) < 4.78 is 86.5. The largest absolute Gasteiger partial charge is 0.762 e. The van der Waals surface area contributed by atoms with E-state index in [0.29, 0.717) is 68.5 Å². The number of carbonyl (C=O) groups excluding carboxylic acids is 9. The van der Waals surface area contributed by atoms with Crippen LogP contribution in [0.4, 0.5) is 24.3 Å². The molecule has 716 valence electrons. The Hall–Kier alpha value is -6.20. The number of carboxylic acid groups (broad SMARTS) is 1. The number of hydrogen-bond acceptors (Lipinski definition) is 32. The van der Waals surface area contributed by atoms with Gasteiger partial charge in [-0.15, -0.1) is 58.8 Å². The number of amides is 3. The molecule has 0 aliphatic carbocycles. The van der Waals surface area contributed by atoms with Crippen molar-refractivity contribution in [3.8, 4) is 0 Å². The number of esters is 6. The number of likely N-dealkylation sites (N-methyl/N-ethyl adjacent to an activating group) is 3. The van der Waals surface area contributed by atoms with Crippen LogP contribution in [0, 0.1) is 10.1 Å². The third-order valence-corrected chi connectivity index (χ3v) is 14.9. The number of aliphatic hydroxyl groups excluding tert-OH is 2. The van der Waals surface area contributed by atoms with Crippen LogP contribution in [-0.4, -0.2) is 382 Å². The van der Waals surface area contributed by atoms with Crippen molar-refractivity contribution in [2.24, 2.45) is 0 Å². The monoisotopic (exact) mass is 1910 g/mol. The number of ether oxygens (including phenoxy) is 12. The molecule has 8 rings (SSSR count). The number of aliphatic carboxylic acids is 1. The molecule has 5 saturated heterocycles. The van der Waals surface area contributed by atoms with Gasteiger partial charge in [0.2, 0.25) is 5.91 Å². The maximum atomic E-state index is 12.5. The first kappa shape index (κ1) is 136. The quantitative estimate of drug-likeness (QED) is 0.00906. The minimum atomic E-state index is -3.67. The van der Waals surface area contributed by atoms with E-state index in [1.807, 2.05) is 39.6 Å². The number of benzene rings is 2. The van der Waals surface area contributed by atoms with Gasteiger partial charge in [0.1, 0.15) is 41.8 Å². The summed E-state index contributed by atoms with van der Waals surface area (Å²) in [7, 11) is 10.6. The molecule has 2 aromatic carbocycles. The zero-order valence-corrected chi connectivity index (χ0v) is 79.1. The molecular weight excluding hydrogens is 1770 g/mol. The predicted molar refractivity (Wildman–Crippen MR) is 461 cm³/mol. The molecule has 8 unspecified atom stereocenters. The Bertz CT molecular complexity index is 2890. The number of fused-ring (bicyclic) bond motifs is 2. The Labute approximate surface area is 755 Å². The molecule has 2 aromatic rings. The summed E-state index contributed by atoms with van der Waals surface area (Å²) in [4.78, 5) is 128. The molecule has 0 aromatic heterocycles. The Morgan fingerprint density at radius 2 is 1.06 bits per heavy atom. The third kappa shape index (κ3) is 72.0. The van der Waals surface area contributed by atoms with Crippen LogP contribution in [-0.2, 0) is 112 Å². The van der Waals surface area contributed by atoms with Crippen molar-refractivity contribution in [2.75, 3.05) is 238 Å². The van der Waals surface area contributed by atoms with Crippen molar-refractivity contribution >= 4 is 137 Å². The molecule has 37 nitrogen and oxygen atoms in total. The predicted octanol–water partition coefficient (Wildman–Crippen LogP) is 5.75. The number of para-hydroxylation sites is 2. The molecule has 0 radical (unpaired) electrons. The fraction of sp³-hybridized carbons (Fsp3) is 0.707. The summed E-state index contributed by atoms with van der Waals surface area (Å²) >= 11 is 20.3. The maximum Gasteiger partial charge on any atom is 0.762 e. The molecule has 8 N–H and O–H groups in total. The normalized spacial score (nSPS) is 16.7. The molecule has 6 aliphatic rings. The van der Waals surface area contributed by atoms with Crippen LogP contribution in [0.25, 0.3) is 0 Å². The number of nitrogens with zero attached hydrogens (tertiary/aromatic N) is 5. The third-order valence-electron chi connectivity index (χ3n) is 14.4. The van der Waals surface area contributed by atoms with Gasteiger partial charge < -0.3 is 113 Å². The zero-order valence-electron chi connectivity index (χ0n) is 74.2. The van der Waals surface area contributed by atoms with Crippen LogP contribution in [0.1, 0.15) is 96.4 Å². The van der Waals surface area contributed by atoms with Crippen molar-refractivity contribution in [1.29, 1.82) is 0 Å². The van der Waals surface area contributed by atoms with E-state index < -0.39 is 54.5 Å². The summed E-state index contributed by atoms with van der Waals surface area (Å²) in [5, 5.41) is 47.2. The second-order valence-corrected chi connectivity index (χ2v) is 23.8. The number of morpholine rings is 3. The van der Waals surface area contributed by atoms with Crippen LogP contribution in [0.15, 0.2) is 48.5 Å². The molecule has 6 heterocycles. The molecule has 3 amide bonds. The molecule has 8 atom stereocenters. The standard InChI is InChI=1S/C13H14N2O6.C12H12N2O3.2C7H14ClNO3.C6H11NO3.C6H15N.C5H9NO2.C4H7NO2.C4H10O.C3H8.C2H5ClO.C2H4O2.C2H6.CH3Cl.CH4O.BF3.ClH.Fe/c1-20-13(17)11-8-21-7-6-14(11)12(16)9-4-2-3-5-10(9)15(18)19;15-11-10-7-17-6-5-14(10)12(16)8-3-1-2-4-9(8)13-11;2*1-9-6(7(10)11-2)5-12-4-3-8;1-9-6(8)5-4-10-3-2-7-5;1-4-7(5-2)6-3;1-6-3-4(6)5(7)8-2;1-7-4(6)3-2-5-3;1-3-5-4-2;1-3-2;3-1-2-4;1-2(3)4;3*1-2;2-1(3)4;;/h2-5,11H,6-8H2,1H3;1-4,10H,5-7H2,(H,13,15);2*6,9H,3-5H2,1-2H3;5,7H,2-4H2,1H3;4-6H2,1-3H3;4H,3H2,1-2H3;3,5H,2H2,1H3;3-4H2,1-2H3;3H2,1-2H3;4H,1-2H2;1H3,(H,3,4);1-2H3;1H3;2H,1H3;;1H;. The first-order chi connectivity index (χ1) is 57.3. The second kappa shape index (κ2) is 95.5. The van der Waals surface area contributed by atoms with Gasteiger partial charge in [-0.05, 0) is 72.8 Å². The van der Waals surface area contributed by atoms with Crippen molar-refractivity contribution in [3.63, 3.8) is 0 Å².